The molecule has 1 heterocycles. The first kappa shape index (κ1) is 13.0. The maximum Gasteiger partial charge on any atom is 0.289 e. The molecule has 2 N–H and O–H groups in total. The second-order valence-corrected chi connectivity index (χ2v) is 5.13. The normalized spacial score (nSPS) is 14.7. The fourth-order valence-electron chi connectivity index (χ4n) is 2.33. The fourth-order valence-corrected chi connectivity index (χ4v) is 2.33. The molecule has 0 bridgehead atoms. The first-order chi connectivity index (χ1) is 9.69. The van der Waals surface area contributed by atoms with Crippen molar-refractivity contribution in [3.63, 3.8) is 0 Å². The molecule has 1 amide bonds. The maximum absolute atomic E-state index is 12.5. The monoisotopic (exact) mass is 274 g/mol. The van der Waals surface area contributed by atoms with Gasteiger partial charge in [-0.3, -0.25) is 4.79 Å². The molecule has 1 aliphatic rings. The van der Waals surface area contributed by atoms with Crippen molar-refractivity contribution < 1.29 is 13.9 Å². The molecule has 5 heteroatoms. The predicted octanol–water partition coefficient (Wildman–Crippen LogP) is 2.27. The Bertz CT molecular complexity index is 631. The Morgan fingerprint density at radius 3 is 2.95 bits per heavy atom. The van der Waals surface area contributed by atoms with Crippen LogP contribution in [0.4, 0.5) is 5.69 Å². The van der Waals surface area contributed by atoms with Crippen LogP contribution in [0.15, 0.2) is 28.7 Å². The van der Waals surface area contributed by atoms with Crippen LogP contribution in [0.1, 0.15) is 23.4 Å². The van der Waals surface area contributed by atoms with Gasteiger partial charge in [0.2, 0.25) is 0 Å². The van der Waals surface area contributed by atoms with Gasteiger partial charge in [-0.15, -0.1) is 0 Å². The van der Waals surface area contributed by atoms with Gasteiger partial charge in [0.25, 0.3) is 5.91 Å². The number of fused-ring (bicyclic) bond motifs is 1. The SMILES string of the molecule is COCCN(C(=O)c1cc2cc(N)ccc2o1)C1CC1. The van der Waals surface area contributed by atoms with E-state index >= 15 is 0 Å². The Balaban J connectivity index is 1.86. The van der Waals surface area contributed by atoms with Gasteiger partial charge in [0.1, 0.15) is 5.58 Å². The van der Waals surface area contributed by atoms with Crippen molar-refractivity contribution in [2.75, 3.05) is 26.0 Å². The third-order valence-electron chi connectivity index (χ3n) is 3.54. The number of carbonyl (C=O) groups is 1. The summed E-state index contributed by atoms with van der Waals surface area (Å²) in [6.07, 6.45) is 2.12. The number of hydrogen-bond acceptors (Lipinski definition) is 4. The Hall–Kier alpha value is -2.01. The largest absolute Gasteiger partial charge is 0.451 e. The van der Waals surface area contributed by atoms with E-state index in [1.54, 1.807) is 25.3 Å². The molecule has 106 valence electrons. The minimum atomic E-state index is -0.0701. The summed E-state index contributed by atoms with van der Waals surface area (Å²) in [6.45, 7) is 1.13. The topological polar surface area (TPSA) is 68.7 Å². The van der Waals surface area contributed by atoms with E-state index in [0.717, 1.165) is 18.2 Å². The molecule has 0 unspecified atom stereocenters. The number of hydrogen-bond donors (Lipinski definition) is 1. The minimum absolute atomic E-state index is 0.0701. The van der Waals surface area contributed by atoms with E-state index in [1.807, 2.05) is 11.0 Å². The molecule has 0 atom stereocenters. The zero-order valence-corrected chi connectivity index (χ0v) is 11.5. The molecule has 0 aliphatic heterocycles. The van der Waals surface area contributed by atoms with E-state index in [9.17, 15) is 4.79 Å². The zero-order valence-electron chi connectivity index (χ0n) is 11.5. The Labute approximate surface area is 117 Å². The van der Waals surface area contributed by atoms with E-state index in [0.29, 0.717) is 36.2 Å². The first-order valence-electron chi connectivity index (χ1n) is 6.78. The van der Waals surface area contributed by atoms with Crippen molar-refractivity contribution in [2.45, 2.75) is 18.9 Å². The highest BCUT2D eigenvalue weighted by atomic mass is 16.5. The molecule has 20 heavy (non-hydrogen) atoms. The molecule has 0 radical (unpaired) electrons. The number of carbonyl (C=O) groups excluding carboxylic acids is 1. The van der Waals surface area contributed by atoms with Gasteiger partial charge >= 0.3 is 0 Å². The summed E-state index contributed by atoms with van der Waals surface area (Å²) in [6, 6.07) is 7.46. The number of amides is 1. The first-order valence-corrected chi connectivity index (χ1v) is 6.78. The van der Waals surface area contributed by atoms with Gasteiger partial charge < -0.3 is 19.8 Å². The van der Waals surface area contributed by atoms with E-state index in [4.69, 9.17) is 14.9 Å². The van der Waals surface area contributed by atoms with Crippen LogP contribution in [-0.2, 0) is 4.74 Å². The summed E-state index contributed by atoms with van der Waals surface area (Å²) >= 11 is 0. The van der Waals surface area contributed by atoms with Gasteiger partial charge in [-0.2, -0.15) is 0 Å². The van der Waals surface area contributed by atoms with Crippen molar-refractivity contribution in [3.05, 3.63) is 30.0 Å². The fraction of sp³-hybridized carbons (Fsp3) is 0.400. The van der Waals surface area contributed by atoms with E-state index < -0.39 is 0 Å². The smallest absolute Gasteiger partial charge is 0.289 e. The number of nitrogens with two attached hydrogens (primary N) is 1. The lowest BCUT2D eigenvalue weighted by Gasteiger charge is -2.20. The molecule has 0 spiro atoms. The van der Waals surface area contributed by atoms with Gasteiger partial charge in [-0.25, -0.2) is 0 Å². The average Bonchev–Trinajstić information content (AvgIpc) is 3.18. The minimum Gasteiger partial charge on any atom is -0.451 e. The molecule has 2 aromatic rings. The van der Waals surface area contributed by atoms with Crippen LogP contribution in [0.2, 0.25) is 0 Å². The summed E-state index contributed by atoms with van der Waals surface area (Å²) in [5, 5.41) is 0.857. The van der Waals surface area contributed by atoms with Crippen LogP contribution in [0, 0.1) is 0 Å². The molecule has 1 saturated carbocycles. The lowest BCUT2D eigenvalue weighted by Crippen LogP contribution is -2.35. The summed E-state index contributed by atoms with van der Waals surface area (Å²) in [7, 11) is 1.64. The molecule has 0 saturated heterocycles. The van der Waals surface area contributed by atoms with E-state index in [-0.39, 0.29) is 5.91 Å². The van der Waals surface area contributed by atoms with Crippen LogP contribution in [0.25, 0.3) is 11.0 Å². The van der Waals surface area contributed by atoms with Crippen LogP contribution in [-0.4, -0.2) is 37.1 Å². The Kier molecular flexibility index (Phi) is 3.36. The van der Waals surface area contributed by atoms with Crippen molar-refractivity contribution in [3.8, 4) is 0 Å². The molecule has 1 fully saturated rings. The third kappa shape index (κ3) is 2.49. The highest BCUT2D eigenvalue weighted by Gasteiger charge is 2.34. The second-order valence-electron chi connectivity index (χ2n) is 5.13. The average molecular weight is 274 g/mol. The van der Waals surface area contributed by atoms with Crippen molar-refractivity contribution >= 4 is 22.6 Å². The van der Waals surface area contributed by atoms with Gasteiger partial charge in [0.05, 0.1) is 6.61 Å². The zero-order chi connectivity index (χ0) is 14.1. The van der Waals surface area contributed by atoms with Crippen LogP contribution in [0.3, 0.4) is 0 Å². The van der Waals surface area contributed by atoms with Gasteiger partial charge in [0, 0.05) is 30.8 Å². The van der Waals surface area contributed by atoms with Crippen molar-refractivity contribution in [1.29, 1.82) is 0 Å². The molecule has 1 aromatic heterocycles. The van der Waals surface area contributed by atoms with Crippen LogP contribution >= 0.6 is 0 Å². The maximum atomic E-state index is 12.5. The van der Waals surface area contributed by atoms with Crippen molar-refractivity contribution in [1.82, 2.24) is 4.90 Å². The third-order valence-corrected chi connectivity index (χ3v) is 3.54. The summed E-state index contributed by atoms with van der Waals surface area (Å²) in [5.74, 6) is 0.299. The molecule has 5 nitrogen and oxygen atoms in total. The Morgan fingerprint density at radius 1 is 1.45 bits per heavy atom. The Morgan fingerprint density at radius 2 is 2.25 bits per heavy atom. The number of benzene rings is 1. The van der Waals surface area contributed by atoms with E-state index in [1.165, 1.54) is 0 Å². The second kappa shape index (κ2) is 5.17. The number of anilines is 1. The summed E-state index contributed by atoms with van der Waals surface area (Å²) < 4.78 is 10.7. The van der Waals surface area contributed by atoms with Crippen LogP contribution < -0.4 is 5.73 Å². The highest BCUT2D eigenvalue weighted by molar-refractivity contribution is 5.97. The van der Waals surface area contributed by atoms with E-state index in [2.05, 4.69) is 0 Å². The number of ether oxygens (including phenoxy) is 1. The van der Waals surface area contributed by atoms with Gasteiger partial charge in [-0.1, -0.05) is 0 Å². The molecule has 3 rings (SSSR count). The quantitative estimate of drug-likeness (QED) is 0.849. The number of methoxy groups -OCH3 is 1. The van der Waals surface area contributed by atoms with Crippen LogP contribution in [0.5, 0.6) is 0 Å². The van der Waals surface area contributed by atoms with Crippen molar-refractivity contribution in [2.24, 2.45) is 0 Å². The number of rotatable bonds is 5. The van der Waals surface area contributed by atoms with Gasteiger partial charge in [0.15, 0.2) is 5.76 Å². The van der Waals surface area contributed by atoms with Gasteiger partial charge in [-0.05, 0) is 37.1 Å². The summed E-state index contributed by atoms with van der Waals surface area (Å²) in [4.78, 5) is 14.4. The lowest BCUT2D eigenvalue weighted by molar-refractivity contribution is 0.0651. The highest BCUT2D eigenvalue weighted by Crippen LogP contribution is 2.29. The number of nitrogens with zero attached hydrogens (tertiary/aromatic N) is 1. The molecular formula is C15H18N2O3. The lowest BCUT2D eigenvalue weighted by atomic mass is 10.2. The summed E-state index contributed by atoms with van der Waals surface area (Å²) in [5.41, 5.74) is 7.09. The molecular weight excluding hydrogens is 256 g/mol. The number of nitrogen functional groups attached to an aromatic ring is 1. The number of furan rings is 1. The molecule has 1 aromatic carbocycles. The standard InChI is InChI=1S/C15H18N2O3/c1-19-7-6-17(12-3-4-12)15(18)14-9-10-8-11(16)2-5-13(10)20-14/h2,5,8-9,12H,3-4,6-7,16H2,1H3. The predicted molar refractivity (Wildman–Crippen MR) is 76.6 cm³/mol. The molecule has 1 aliphatic carbocycles.